The summed E-state index contributed by atoms with van der Waals surface area (Å²) < 4.78 is 0. The summed E-state index contributed by atoms with van der Waals surface area (Å²) in [5, 5.41) is 5.97. The van der Waals surface area contributed by atoms with Gasteiger partial charge in [0.1, 0.15) is 0 Å². The molecule has 2 aromatic carbocycles. The zero-order valence-corrected chi connectivity index (χ0v) is 11.4. The lowest BCUT2D eigenvalue weighted by atomic mass is 10.1. The molecule has 0 radical (unpaired) electrons. The molecule has 98 valence electrons. The Balaban J connectivity index is 2.25. The largest absolute Gasteiger partial charge is 0.387 e. The third kappa shape index (κ3) is 3.13. The average molecular weight is 254 g/mol. The van der Waals surface area contributed by atoms with Crippen LogP contribution in [0.1, 0.15) is 21.5 Å². The van der Waals surface area contributed by atoms with Crippen LogP contribution >= 0.6 is 0 Å². The van der Waals surface area contributed by atoms with Crippen LogP contribution in [0, 0.1) is 13.8 Å². The smallest absolute Gasteiger partial charge is 0.257 e. The number of rotatable bonds is 3. The van der Waals surface area contributed by atoms with E-state index in [1.165, 1.54) is 0 Å². The van der Waals surface area contributed by atoms with Gasteiger partial charge < -0.3 is 10.6 Å². The summed E-state index contributed by atoms with van der Waals surface area (Å²) in [6.45, 7) is 4.00. The SMILES string of the molecule is CNc1cc(C)ccc1C(=O)Nc1cccc(C)c1. The van der Waals surface area contributed by atoms with Crippen molar-refractivity contribution >= 4 is 17.3 Å². The minimum Gasteiger partial charge on any atom is -0.387 e. The third-order valence-electron chi connectivity index (χ3n) is 2.96. The highest BCUT2D eigenvalue weighted by Crippen LogP contribution is 2.19. The first-order valence-electron chi connectivity index (χ1n) is 6.26. The number of amides is 1. The first kappa shape index (κ1) is 13.1. The lowest BCUT2D eigenvalue weighted by Gasteiger charge is -2.11. The van der Waals surface area contributed by atoms with E-state index in [9.17, 15) is 4.79 Å². The molecular weight excluding hydrogens is 236 g/mol. The van der Waals surface area contributed by atoms with Gasteiger partial charge in [0, 0.05) is 18.4 Å². The Bertz CT molecular complexity index is 605. The maximum atomic E-state index is 12.3. The summed E-state index contributed by atoms with van der Waals surface area (Å²) in [7, 11) is 1.82. The number of hydrogen-bond acceptors (Lipinski definition) is 2. The Morgan fingerprint density at radius 3 is 2.42 bits per heavy atom. The molecule has 19 heavy (non-hydrogen) atoms. The number of nitrogens with one attached hydrogen (secondary N) is 2. The second kappa shape index (κ2) is 5.57. The highest BCUT2D eigenvalue weighted by molar-refractivity contribution is 6.08. The first-order valence-corrected chi connectivity index (χ1v) is 6.26. The van der Waals surface area contributed by atoms with Gasteiger partial charge in [-0.05, 0) is 49.2 Å². The fourth-order valence-corrected chi connectivity index (χ4v) is 1.98. The van der Waals surface area contributed by atoms with Gasteiger partial charge in [-0.3, -0.25) is 4.79 Å². The fraction of sp³-hybridized carbons (Fsp3) is 0.188. The monoisotopic (exact) mass is 254 g/mol. The highest BCUT2D eigenvalue weighted by Gasteiger charge is 2.10. The van der Waals surface area contributed by atoms with Crippen LogP contribution in [0.2, 0.25) is 0 Å². The molecular formula is C16H18N2O. The van der Waals surface area contributed by atoms with Crippen molar-refractivity contribution in [1.82, 2.24) is 0 Å². The number of hydrogen-bond donors (Lipinski definition) is 2. The van der Waals surface area contributed by atoms with Gasteiger partial charge >= 0.3 is 0 Å². The van der Waals surface area contributed by atoms with E-state index in [0.29, 0.717) is 5.56 Å². The van der Waals surface area contributed by atoms with E-state index in [1.54, 1.807) is 0 Å². The second-order valence-corrected chi connectivity index (χ2v) is 4.62. The lowest BCUT2D eigenvalue weighted by Crippen LogP contribution is -2.14. The number of benzene rings is 2. The Morgan fingerprint density at radius 1 is 1.00 bits per heavy atom. The van der Waals surface area contributed by atoms with E-state index >= 15 is 0 Å². The summed E-state index contributed by atoms with van der Waals surface area (Å²) in [6, 6.07) is 13.5. The Hall–Kier alpha value is -2.29. The molecule has 0 aliphatic carbocycles. The molecule has 2 rings (SSSR count). The number of carbonyl (C=O) groups excluding carboxylic acids is 1. The van der Waals surface area contributed by atoms with Crippen molar-refractivity contribution in [2.45, 2.75) is 13.8 Å². The molecule has 0 heterocycles. The maximum Gasteiger partial charge on any atom is 0.257 e. The van der Waals surface area contributed by atoms with Gasteiger partial charge in [-0.2, -0.15) is 0 Å². The van der Waals surface area contributed by atoms with Crippen LogP contribution in [0.5, 0.6) is 0 Å². The molecule has 1 amide bonds. The predicted octanol–water partition coefficient (Wildman–Crippen LogP) is 3.60. The molecule has 0 bridgehead atoms. The van der Waals surface area contributed by atoms with Crippen LogP contribution in [0.15, 0.2) is 42.5 Å². The van der Waals surface area contributed by atoms with E-state index in [1.807, 2.05) is 63.4 Å². The quantitative estimate of drug-likeness (QED) is 0.878. The van der Waals surface area contributed by atoms with E-state index in [-0.39, 0.29) is 5.91 Å². The van der Waals surface area contributed by atoms with Gasteiger partial charge in [-0.15, -0.1) is 0 Å². The molecule has 0 saturated carbocycles. The van der Waals surface area contributed by atoms with Gasteiger partial charge in [0.2, 0.25) is 0 Å². The van der Waals surface area contributed by atoms with Crippen molar-refractivity contribution in [3.05, 3.63) is 59.2 Å². The molecule has 0 atom stereocenters. The zero-order valence-electron chi connectivity index (χ0n) is 11.4. The van der Waals surface area contributed by atoms with Crippen LogP contribution in [-0.4, -0.2) is 13.0 Å². The van der Waals surface area contributed by atoms with Crippen molar-refractivity contribution < 1.29 is 4.79 Å². The molecule has 0 unspecified atom stereocenters. The molecule has 0 aliphatic heterocycles. The molecule has 0 spiro atoms. The van der Waals surface area contributed by atoms with Crippen LogP contribution in [0.25, 0.3) is 0 Å². The standard InChI is InChI=1S/C16H18N2O/c1-11-5-4-6-13(9-11)18-16(19)14-8-7-12(2)10-15(14)17-3/h4-10,17H,1-3H3,(H,18,19). The topological polar surface area (TPSA) is 41.1 Å². The molecule has 3 heteroatoms. The van der Waals surface area contributed by atoms with Crippen LogP contribution in [0.3, 0.4) is 0 Å². The van der Waals surface area contributed by atoms with Crippen LogP contribution in [0.4, 0.5) is 11.4 Å². The summed E-state index contributed by atoms with van der Waals surface area (Å²) in [5.41, 5.74) is 4.54. The van der Waals surface area contributed by atoms with Gasteiger partial charge in [-0.25, -0.2) is 0 Å². The summed E-state index contributed by atoms with van der Waals surface area (Å²) in [4.78, 5) is 12.3. The molecule has 0 fully saturated rings. The Kier molecular flexibility index (Phi) is 3.85. The Morgan fingerprint density at radius 2 is 1.74 bits per heavy atom. The third-order valence-corrected chi connectivity index (χ3v) is 2.96. The molecule has 0 aliphatic rings. The second-order valence-electron chi connectivity index (χ2n) is 4.62. The van der Waals surface area contributed by atoms with Crippen LogP contribution < -0.4 is 10.6 Å². The van der Waals surface area contributed by atoms with Crippen molar-refractivity contribution in [3.63, 3.8) is 0 Å². The number of aryl methyl sites for hydroxylation is 2. The molecule has 3 nitrogen and oxygen atoms in total. The summed E-state index contributed by atoms with van der Waals surface area (Å²) in [5.74, 6) is -0.102. The van der Waals surface area contributed by atoms with E-state index in [2.05, 4.69) is 10.6 Å². The van der Waals surface area contributed by atoms with E-state index < -0.39 is 0 Å². The van der Waals surface area contributed by atoms with Crippen molar-refractivity contribution in [1.29, 1.82) is 0 Å². The molecule has 2 aromatic rings. The van der Waals surface area contributed by atoms with Crippen molar-refractivity contribution in [2.75, 3.05) is 17.7 Å². The average Bonchev–Trinajstić information content (AvgIpc) is 2.38. The maximum absolute atomic E-state index is 12.3. The van der Waals surface area contributed by atoms with Gasteiger partial charge in [-0.1, -0.05) is 18.2 Å². The van der Waals surface area contributed by atoms with E-state index in [0.717, 1.165) is 22.5 Å². The molecule has 2 N–H and O–H groups in total. The minimum atomic E-state index is -0.102. The van der Waals surface area contributed by atoms with Gasteiger partial charge in [0.15, 0.2) is 0 Å². The number of carbonyl (C=O) groups is 1. The lowest BCUT2D eigenvalue weighted by molar-refractivity contribution is 0.102. The first-order chi connectivity index (χ1) is 9.10. The normalized spacial score (nSPS) is 10.1. The van der Waals surface area contributed by atoms with Crippen LogP contribution in [-0.2, 0) is 0 Å². The van der Waals surface area contributed by atoms with Crippen molar-refractivity contribution in [2.24, 2.45) is 0 Å². The zero-order chi connectivity index (χ0) is 13.8. The predicted molar refractivity (Wildman–Crippen MR) is 79.9 cm³/mol. The summed E-state index contributed by atoms with van der Waals surface area (Å²) >= 11 is 0. The molecule has 0 saturated heterocycles. The van der Waals surface area contributed by atoms with E-state index in [4.69, 9.17) is 0 Å². The Labute approximate surface area is 113 Å². The van der Waals surface area contributed by atoms with Gasteiger partial charge in [0.05, 0.1) is 5.56 Å². The molecule has 0 aromatic heterocycles. The number of anilines is 2. The minimum absolute atomic E-state index is 0.102. The van der Waals surface area contributed by atoms with Gasteiger partial charge in [0.25, 0.3) is 5.91 Å². The summed E-state index contributed by atoms with van der Waals surface area (Å²) in [6.07, 6.45) is 0. The fourth-order valence-electron chi connectivity index (χ4n) is 1.98. The van der Waals surface area contributed by atoms with Crippen molar-refractivity contribution in [3.8, 4) is 0 Å². The highest BCUT2D eigenvalue weighted by atomic mass is 16.1.